The van der Waals surface area contributed by atoms with Gasteiger partial charge in [-0.15, -0.1) is 0 Å². The van der Waals surface area contributed by atoms with E-state index in [2.05, 4.69) is 0 Å². The number of amides is 1. The molecule has 0 fully saturated rings. The summed E-state index contributed by atoms with van der Waals surface area (Å²) in [7, 11) is 1.56. The lowest BCUT2D eigenvalue weighted by Crippen LogP contribution is -2.34. The summed E-state index contributed by atoms with van der Waals surface area (Å²) in [6.07, 6.45) is 0. The summed E-state index contributed by atoms with van der Waals surface area (Å²) < 4.78 is 4.93. The minimum atomic E-state index is -1.10. The van der Waals surface area contributed by atoms with E-state index < -0.39 is 5.97 Å². The molecule has 0 saturated heterocycles. The van der Waals surface area contributed by atoms with Crippen LogP contribution in [-0.2, 0) is 4.74 Å². The molecule has 0 bridgehead atoms. The normalized spacial score (nSPS) is 10.1. The van der Waals surface area contributed by atoms with Gasteiger partial charge in [0.1, 0.15) is 0 Å². The molecule has 98 valence electrons. The number of hydrogen-bond donors (Lipinski definition) is 1. The van der Waals surface area contributed by atoms with Gasteiger partial charge in [0.15, 0.2) is 0 Å². The van der Waals surface area contributed by atoms with Crippen molar-refractivity contribution >= 4 is 11.9 Å². The molecule has 0 aliphatic rings. The average molecular weight is 251 g/mol. The molecule has 0 spiro atoms. The summed E-state index contributed by atoms with van der Waals surface area (Å²) >= 11 is 0. The molecule has 18 heavy (non-hydrogen) atoms. The van der Waals surface area contributed by atoms with Crippen LogP contribution in [0, 0.1) is 0 Å². The Morgan fingerprint density at radius 3 is 2.39 bits per heavy atom. The van der Waals surface area contributed by atoms with Crippen molar-refractivity contribution in [1.29, 1.82) is 0 Å². The van der Waals surface area contributed by atoms with E-state index in [1.807, 2.05) is 6.92 Å². The molecule has 0 saturated carbocycles. The van der Waals surface area contributed by atoms with E-state index in [0.717, 1.165) is 0 Å². The zero-order valence-electron chi connectivity index (χ0n) is 10.5. The molecule has 0 aliphatic heterocycles. The Labute approximate surface area is 106 Å². The number of carboxylic acid groups (broad SMARTS) is 1. The Bertz CT molecular complexity index is 431. The molecule has 1 amide bonds. The Kier molecular flexibility index (Phi) is 5.32. The molecule has 5 heteroatoms. The van der Waals surface area contributed by atoms with Crippen molar-refractivity contribution in [1.82, 2.24) is 4.90 Å². The molecule has 1 rings (SSSR count). The van der Waals surface area contributed by atoms with Crippen LogP contribution < -0.4 is 0 Å². The van der Waals surface area contributed by atoms with E-state index in [1.54, 1.807) is 24.1 Å². The minimum absolute atomic E-state index is 0.0263. The van der Waals surface area contributed by atoms with Gasteiger partial charge in [0.05, 0.1) is 17.7 Å². The summed E-state index contributed by atoms with van der Waals surface area (Å²) in [6, 6.07) is 6.22. The second-order valence-electron chi connectivity index (χ2n) is 3.73. The maximum absolute atomic E-state index is 12.2. The highest BCUT2D eigenvalue weighted by Crippen LogP contribution is 2.12. The quantitative estimate of drug-likeness (QED) is 0.831. The number of nitrogens with zero attached hydrogens (tertiary/aromatic N) is 1. The van der Waals surface area contributed by atoms with Crippen LogP contribution >= 0.6 is 0 Å². The van der Waals surface area contributed by atoms with Gasteiger partial charge in [0, 0.05) is 20.2 Å². The molecule has 5 nitrogen and oxygen atoms in total. The lowest BCUT2D eigenvalue weighted by atomic mass is 10.1. The van der Waals surface area contributed by atoms with Gasteiger partial charge in [-0.1, -0.05) is 12.1 Å². The molecule has 0 aliphatic carbocycles. The second-order valence-corrected chi connectivity index (χ2v) is 3.73. The number of aromatic carboxylic acids is 1. The SMILES string of the molecule is CCN(CCOC)C(=O)c1ccccc1C(=O)O. The van der Waals surface area contributed by atoms with Gasteiger partial charge in [-0.3, -0.25) is 4.79 Å². The smallest absolute Gasteiger partial charge is 0.336 e. The Hall–Kier alpha value is -1.88. The van der Waals surface area contributed by atoms with Gasteiger partial charge in [0.2, 0.25) is 0 Å². The number of carbonyl (C=O) groups excluding carboxylic acids is 1. The van der Waals surface area contributed by atoms with E-state index in [-0.39, 0.29) is 17.0 Å². The number of likely N-dealkylation sites (N-methyl/N-ethyl adjacent to an activating group) is 1. The highest BCUT2D eigenvalue weighted by molar-refractivity contribution is 6.04. The zero-order chi connectivity index (χ0) is 13.5. The van der Waals surface area contributed by atoms with E-state index in [9.17, 15) is 9.59 Å². The van der Waals surface area contributed by atoms with Crippen LogP contribution in [0.4, 0.5) is 0 Å². The van der Waals surface area contributed by atoms with Crippen molar-refractivity contribution in [3.63, 3.8) is 0 Å². The van der Waals surface area contributed by atoms with Crippen LogP contribution in [0.5, 0.6) is 0 Å². The molecule has 0 unspecified atom stereocenters. The predicted octanol–water partition coefficient (Wildman–Crippen LogP) is 1.49. The first kappa shape index (κ1) is 14.2. The van der Waals surface area contributed by atoms with Crippen LogP contribution in [0.3, 0.4) is 0 Å². The van der Waals surface area contributed by atoms with Crippen LogP contribution in [0.2, 0.25) is 0 Å². The Morgan fingerprint density at radius 2 is 1.89 bits per heavy atom. The lowest BCUT2D eigenvalue weighted by molar-refractivity contribution is 0.0660. The van der Waals surface area contributed by atoms with E-state index >= 15 is 0 Å². The van der Waals surface area contributed by atoms with Crippen molar-refractivity contribution in [3.05, 3.63) is 35.4 Å². The molecule has 0 aromatic heterocycles. The lowest BCUT2D eigenvalue weighted by Gasteiger charge is -2.21. The van der Waals surface area contributed by atoms with E-state index in [0.29, 0.717) is 19.7 Å². The minimum Gasteiger partial charge on any atom is -0.478 e. The van der Waals surface area contributed by atoms with Crippen LogP contribution in [0.1, 0.15) is 27.6 Å². The van der Waals surface area contributed by atoms with Crippen molar-refractivity contribution in [2.45, 2.75) is 6.92 Å². The van der Waals surface area contributed by atoms with Crippen LogP contribution in [0.15, 0.2) is 24.3 Å². The van der Waals surface area contributed by atoms with Crippen LogP contribution in [0.25, 0.3) is 0 Å². The van der Waals surface area contributed by atoms with Gasteiger partial charge in [-0.2, -0.15) is 0 Å². The Morgan fingerprint density at radius 1 is 1.28 bits per heavy atom. The summed E-state index contributed by atoms with van der Waals surface area (Å²) in [5.41, 5.74) is 0.237. The van der Waals surface area contributed by atoms with Gasteiger partial charge in [-0.05, 0) is 19.1 Å². The van der Waals surface area contributed by atoms with Gasteiger partial charge in [-0.25, -0.2) is 4.79 Å². The summed E-state index contributed by atoms with van der Waals surface area (Å²) in [5, 5.41) is 9.05. The van der Waals surface area contributed by atoms with Gasteiger partial charge < -0.3 is 14.7 Å². The molecule has 1 N–H and O–H groups in total. The molecule has 0 atom stereocenters. The summed E-state index contributed by atoms with van der Waals surface area (Å²) in [6.45, 7) is 3.22. The maximum atomic E-state index is 12.2. The number of rotatable bonds is 6. The maximum Gasteiger partial charge on any atom is 0.336 e. The fourth-order valence-corrected chi connectivity index (χ4v) is 1.63. The molecule has 0 radical (unpaired) electrons. The molecular formula is C13H17NO4. The molecule has 0 heterocycles. The zero-order valence-corrected chi connectivity index (χ0v) is 10.5. The largest absolute Gasteiger partial charge is 0.478 e. The second kappa shape index (κ2) is 6.76. The van der Waals surface area contributed by atoms with Crippen molar-refractivity contribution in [2.75, 3.05) is 26.8 Å². The highest BCUT2D eigenvalue weighted by Gasteiger charge is 2.20. The first-order chi connectivity index (χ1) is 8.61. The number of benzene rings is 1. The van der Waals surface area contributed by atoms with E-state index in [4.69, 9.17) is 9.84 Å². The number of carboxylic acids is 1. The van der Waals surface area contributed by atoms with Gasteiger partial charge >= 0.3 is 5.97 Å². The third-order valence-corrected chi connectivity index (χ3v) is 2.62. The molecular weight excluding hydrogens is 234 g/mol. The standard InChI is InChI=1S/C13H17NO4/c1-3-14(8-9-18-2)12(15)10-6-4-5-7-11(10)13(16)17/h4-7H,3,8-9H2,1-2H3,(H,16,17). The fourth-order valence-electron chi connectivity index (χ4n) is 1.63. The summed E-state index contributed by atoms with van der Waals surface area (Å²) in [5.74, 6) is -1.38. The Balaban J connectivity index is 2.98. The topological polar surface area (TPSA) is 66.8 Å². The number of ether oxygens (including phenoxy) is 1. The monoisotopic (exact) mass is 251 g/mol. The van der Waals surface area contributed by atoms with E-state index in [1.165, 1.54) is 12.1 Å². The third-order valence-electron chi connectivity index (χ3n) is 2.62. The molecule has 1 aromatic carbocycles. The van der Waals surface area contributed by atoms with Crippen molar-refractivity contribution in [2.24, 2.45) is 0 Å². The highest BCUT2D eigenvalue weighted by atomic mass is 16.5. The van der Waals surface area contributed by atoms with Crippen molar-refractivity contribution < 1.29 is 19.4 Å². The molecule has 1 aromatic rings. The van der Waals surface area contributed by atoms with Crippen LogP contribution in [-0.4, -0.2) is 48.7 Å². The predicted molar refractivity (Wildman–Crippen MR) is 66.9 cm³/mol. The third kappa shape index (κ3) is 3.30. The first-order valence-electron chi connectivity index (χ1n) is 5.72. The van der Waals surface area contributed by atoms with Gasteiger partial charge in [0.25, 0.3) is 5.91 Å². The number of methoxy groups -OCH3 is 1. The fraction of sp³-hybridized carbons (Fsp3) is 0.385. The average Bonchev–Trinajstić information content (AvgIpc) is 2.39. The number of carbonyl (C=O) groups is 2. The number of hydrogen-bond acceptors (Lipinski definition) is 3. The first-order valence-corrected chi connectivity index (χ1v) is 5.72. The van der Waals surface area contributed by atoms with Crippen molar-refractivity contribution in [3.8, 4) is 0 Å². The summed E-state index contributed by atoms with van der Waals surface area (Å²) in [4.78, 5) is 24.8.